The highest BCUT2D eigenvalue weighted by Gasteiger charge is 2.09. The van der Waals surface area contributed by atoms with E-state index in [1.54, 1.807) is 18.2 Å². The number of unbranched alkanes of at least 4 members (excludes halogenated alkanes) is 2. The van der Waals surface area contributed by atoms with Crippen LogP contribution in [-0.4, -0.2) is 19.7 Å². The molecule has 0 aromatic heterocycles. The molecule has 0 spiro atoms. The van der Waals surface area contributed by atoms with Crippen molar-refractivity contribution in [3.05, 3.63) is 23.8 Å². The molecule has 18 heavy (non-hydrogen) atoms. The van der Waals surface area contributed by atoms with Crippen LogP contribution in [0.15, 0.2) is 18.2 Å². The number of nitrogen functional groups attached to an aromatic ring is 1. The number of esters is 1. The van der Waals surface area contributed by atoms with Gasteiger partial charge in [0.2, 0.25) is 0 Å². The van der Waals surface area contributed by atoms with Crippen LogP contribution in [0.2, 0.25) is 0 Å². The quantitative estimate of drug-likeness (QED) is 0.473. The summed E-state index contributed by atoms with van der Waals surface area (Å²) in [5.41, 5.74) is 6.62. The van der Waals surface area contributed by atoms with Crippen LogP contribution in [0, 0.1) is 11.3 Å². The Bertz CT molecular complexity index is 452. The lowest BCUT2D eigenvalue weighted by Gasteiger charge is -2.09. The minimum atomic E-state index is -0.427. The lowest BCUT2D eigenvalue weighted by atomic mass is 10.2. The maximum atomic E-state index is 11.3. The van der Waals surface area contributed by atoms with Gasteiger partial charge in [0.25, 0.3) is 0 Å². The number of carbonyl (C=O) groups is 1. The topological polar surface area (TPSA) is 85.3 Å². The molecule has 0 saturated heterocycles. The minimum absolute atomic E-state index is 0.402. The van der Waals surface area contributed by atoms with E-state index in [4.69, 9.17) is 15.7 Å². The van der Waals surface area contributed by atoms with Crippen LogP contribution < -0.4 is 10.5 Å². The Kier molecular flexibility index (Phi) is 5.52. The number of rotatable bonds is 6. The second kappa shape index (κ2) is 7.17. The normalized spacial score (nSPS) is 9.56. The average Bonchev–Trinajstić information content (AvgIpc) is 2.39. The van der Waals surface area contributed by atoms with Gasteiger partial charge >= 0.3 is 5.97 Å². The van der Waals surface area contributed by atoms with Crippen molar-refractivity contribution < 1.29 is 14.3 Å². The summed E-state index contributed by atoms with van der Waals surface area (Å²) in [5.74, 6) is 0.0409. The molecule has 2 N–H and O–H groups in total. The van der Waals surface area contributed by atoms with Crippen molar-refractivity contribution in [1.82, 2.24) is 0 Å². The van der Waals surface area contributed by atoms with Gasteiger partial charge in [-0.3, -0.25) is 0 Å². The van der Waals surface area contributed by atoms with Crippen molar-refractivity contribution in [2.75, 3.05) is 19.5 Å². The Balaban J connectivity index is 2.59. The molecule has 0 saturated carbocycles. The lowest BCUT2D eigenvalue weighted by Crippen LogP contribution is -2.05. The molecular formula is C13H16N2O3. The van der Waals surface area contributed by atoms with Crippen LogP contribution in [0.1, 0.15) is 29.6 Å². The van der Waals surface area contributed by atoms with E-state index in [1.165, 1.54) is 7.11 Å². The van der Waals surface area contributed by atoms with Crippen molar-refractivity contribution in [3.8, 4) is 11.8 Å². The first kappa shape index (κ1) is 13.8. The monoisotopic (exact) mass is 248 g/mol. The zero-order valence-electron chi connectivity index (χ0n) is 10.3. The Morgan fingerprint density at radius 1 is 1.44 bits per heavy atom. The Morgan fingerprint density at radius 2 is 2.22 bits per heavy atom. The van der Waals surface area contributed by atoms with Crippen LogP contribution in [0.25, 0.3) is 0 Å². The number of carbonyl (C=O) groups excluding carboxylic acids is 1. The van der Waals surface area contributed by atoms with Crippen molar-refractivity contribution in [3.63, 3.8) is 0 Å². The van der Waals surface area contributed by atoms with Crippen LogP contribution in [0.4, 0.5) is 5.69 Å². The highest BCUT2D eigenvalue weighted by Crippen LogP contribution is 2.23. The number of nitriles is 1. The Hall–Kier alpha value is -2.22. The smallest absolute Gasteiger partial charge is 0.337 e. The minimum Gasteiger partial charge on any atom is -0.491 e. The van der Waals surface area contributed by atoms with Gasteiger partial charge in [0.15, 0.2) is 0 Å². The summed E-state index contributed by atoms with van der Waals surface area (Å²) in [6.45, 7) is 0.469. The van der Waals surface area contributed by atoms with Crippen LogP contribution >= 0.6 is 0 Å². The first-order valence-electron chi connectivity index (χ1n) is 5.66. The number of hydrogen-bond acceptors (Lipinski definition) is 5. The number of anilines is 1. The van der Waals surface area contributed by atoms with Gasteiger partial charge in [0.05, 0.1) is 31.0 Å². The van der Waals surface area contributed by atoms with Gasteiger partial charge in [-0.2, -0.15) is 5.26 Å². The molecule has 0 amide bonds. The largest absolute Gasteiger partial charge is 0.491 e. The first-order chi connectivity index (χ1) is 8.69. The number of hydrogen-bond donors (Lipinski definition) is 1. The molecule has 0 aliphatic carbocycles. The van der Waals surface area contributed by atoms with Crippen LogP contribution in [-0.2, 0) is 4.74 Å². The standard InChI is InChI=1S/C13H16N2O3/c1-17-13(16)10-5-6-11(15)12(9-10)18-8-4-2-3-7-14/h5-6,9H,2-4,8,15H2,1H3. The molecule has 0 atom stereocenters. The highest BCUT2D eigenvalue weighted by molar-refractivity contribution is 5.90. The fourth-order valence-electron chi connectivity index (χ4n) is 1.39. The molecule has 1 aromatic rings. The van der Waals surface area contributed by atoms with Gasteiger partial charge in [-0.05, 0) is 31.0 Å². The fourth-order valence-corrected chi connectivity index (χ4v) is 1.39. The number of benzene rings is 1. The highest BCUT2D eigenvalue weighted by atomic mass is 16.5. The van der Waals surface area contributed by atoms with E-state index in [9.17, 15) is 4.79 Å². The molecular weight excluding hydrogens is 232 g/mol. The van der Waals surface area contributed by atoms with Crippen molar-refractivity contribution in [2.24, 2.45) is 0 Å². The third-order valence-electron chi connectivity index (χ3n) is 2.38. The van der Waals surface area contributed by atoms with E-state index in [2.05, 4.69) is 10.8 Å². The molecule has 96 valence electrons. The third-order valence-corrected chi connectivity index (χ3v) is 2.38. The van der Waals surface area contributed by atoms with E-state index < -0.39 is 5.97 Å². The second-order valence-electron chi connectivity index (χ2n) is 3.71. The predicted octanol–water partition coefficient (Wildman–Crippen LogP) is 2.13. The van der Waals surface area contributed by atoms with Gasteiger partial charge in [-0.1, -0.05) is 0 Å². The molecule has 0 aliphatic heterocycles. The molecule has 1 rings (SSSR count). The molecule has 5 nitrogen and oxygen atoms in total. The summed E-state index contributed by atoms with van der Waals surface area (Å²) in [6.07, 6.45) is 2.07. The molecule has 1 aromatic carbocycles. The lowest BCUT2D eigenvalue weighted by molar-refractivity contribution is 0.0600. The Morgan fingerprint density at radius 3 is 2.89 bits per heavy atom. The number of ether oxygens (including phenoxy) is 2. The van der Waals surface area contributed by atoms with Crippen molar-refractivity contribution in [2.45, 2.75) is 19.3 Å². The first-order valence-corrected chi connectivity index (χ1v) is 5.66. The molecule has 0 aliphatic rings. The van der Waals surface area contributed by atoms with E-state index in [1.807, 2.05) is 0 Å². The van der Waals surface area contributed by atoms with E-state index >= 15 is 0 Å². The van der Waals surface area contributed by atoms with Crippen molar-refractivity contribution >= 4 is 11.7 Å². The molecule has 5 heteroatoms. The maximum Gasteiger partial charge on any atom is 0.337 e. The zero-order valence-corrected chi connectivity index (χ0v) is 10.3. The van der Waals surface area contributed by atoms with Crippen LogP contribution in [0.3, 0.4) is 0 Å². The third kappa shape index (κ3) is 3.98. The van der Waals surface area contributed by atoms with Gasteiger partial charge in [-0.25, -0.2) is 4.79 Å². The average molecular weight is 248 g/mol. The number of nitrogens with zero attached hydrogens (tertiary/aromatic N) is 1. The van der Waals surface area contributed by atoms with Gasteiger partial charge in [0, 0.05) is 6.42 Å². The van der Waals surface area contributed by atoms with Gasteiger partial charge in [0.1, 0.15) is 5.75 Å². The predicted molar refractivity (Wildman–Crippen MR) is 67.2 cm³/mol. The summed E-state index contributed by atoms with van der Waals surface area (Å²) in [7, 11) is 1.32. The fraction of sp³-hybridized carbons (Fsp3) is 0.385. The van der Waals surface area contributed by atoms with Crippen molar-refractivity contribution in [1.29, 1.82) is 5.26 Å². The van der Waals surface area contributed by atoms with E-state index in [0.29, 0.717) is 30.0 Å². The summed E-state index contributed by atoms with van der Waals surface area (Å²) in [6, 6.07) is 6.82. The number of nitrogens with two attached hydrogens (primary N) is 1. The zero-order chi connectivity index (χ0) is 13.4. The maximum absolute atomic E-state index is 11.3. The molecule has 0 fully saturated rings. The summed E-state index contributed by atoms with van der Waals surface area (Å²) >= 11 is 0. The molecule has 0 bridgehead atoms. The summed E-state index contributed by atoms with van der Waals surface area (Å²) in [4.78, 5) is 11.3. The summed E-state index contributed by atoms with van der Waals surface area (Å²) < 4.78 is 10.1. The van der Waals surface area contributed by atoms with Gasteiger partial charge < -0.3 is 15.2 Å². The van der Waals surface area contributed by atoms with E-state index in [0.717, 1.165) is 12.8 Å². The van der Waals surface area contributed by atoms with E-state index in [-0.39, 0.29) is 0 Å². The summed E-state index contributed by atoms with van der Waals surface area (Å²) in [5, 5.41) is 8.39. The second-order valence-corrected chi connectivity index (χ2v) is 3.71. The van der Waals surface area contributed by atoms with Gasteiger partial charge in [-0.15, -0.1) is 0 Å². The number of methoxy groups -OCH3 is 1. The molecule has 0 heterocycles. The SMILES string of the molecule is COC(=O)c1ccc(N)c(OCCCCC#N)c1. The Labute approximate surface area is 106 Å². The molecule has 0 radical (unpaired) electrons. The van der Waals surface area contributed by atoms with Crippen LogP contribution in [0.5, 0.6) is 5.75 Å². The molecule has 0 unspecified atom stereocenters.